The third kappa shape index (κ3) is 10.1. The first kappa shape index (κ1) is 34.6. The molecule has 0 spiro atoms. The van der Waals surface area contributed by atoms with E-state index in [9.17, 15) is 28.6 Å². The predicted molar refractivity (Wildman–Crippen MR) is 149 cm³/mol. The van der Waals surface area contributed by atoms with Crippen LogP contribution in [0.5, 0.6) is 28.7 Å². The van der Waals surface area contributed by atoms with Gasteiger partial charge >= 0.3 is 45.1 Å². The molecule has 0 saturated carbocycles. The Morgan fingerprint density at radius 1 is 0.977 bits per heavy atom. The molecule has 43 heavy (non-hydrogen) atoms. The molecule has 14 nitrogen and oxygen atoms in total. The molecule has 0 aliphatic carbocycles. The molecule has 4 rings (SSSR count). The van der Waals surface area contributed by atoms with E-state index in [1.165, 1.54) is 38.5 Å². The van der Waals surface area contributed by atoms with Crippen molar-refractivity contribution in [3.63, 3.8) is 0 Å². The van der Waals surface area contributed by atoms with Crippen LogP contribution in [-0.2, 0) is 20.3 Å². The Hall–Kier alpha value is -2.87. The van der Waals surface area contributed by atoms with Crippen molar-refractivity contribution in [2.24, 2.45) is 0 Å². The average Bonchev–Trinajstić information content (AvgIpc) is 3.39. The molecule has 0 bridgehead atoms. The number of fused-ring (bicyclic) bond motifs is 1. The van der Waals surface area contributed by atoms with Gasteiger partial charge in [-0.3, -0.25) is 9.36 Å². The first-order chi connectivity index (χ1) is 19.8. The summed E-state index contributed by atoms with van der Waals surface area (Å²) in [7, 11) is -6.95. The smallest absolute Gasteiger partial charge is 0.746 e. The SMILES string of the molecule is COc1ccc(/C=C\c2cc(OC)c3c(c2)OCO3)cc1NC(=O)[C@H](Cc1ccc(OP(=O)([O-])O)cc1)NP(=O)(O)O.[Na+]. The second-order valence-electron chi connectivity index (χ2n) is 8.87. The maximum absolute atomic E-state index is 13.2. The Kier molecular flexibility index (Phi) is 11.9. The van der Waals surface area contributed by atoms with Crippen molar-refractivity contribution in [1.29, 1.82) is 0 Å². The normalized spacial score (nSPS) is 14.4. The molecular formula is C26H27N2NaO12P2. The molecule has 0 aromatic heterocycles. The van der Waals surface area contributed by atoms with Gasteiger partial charge in [-0.25, -0.2) is 9.65 Å². The van der Waals surface area contributed by atoms with E-state index in [0.29, 0.717) is 34.1 Å². The monoisotopic (exact) mass is 644 g/mol. The van der Waals surface area contributed by atoms with E-state index in [0.717, 1.165) is 5.56 Å². The van der Waals surface area contributed by atoms with Crippen molar-refractivity contribution in [1.82, 2.24) is 5.09 Å². The molecule has 0 saturated heterocycles. The van der Waals surface area contributed by atoms with Crippen LogP contribution in [-0.4, -0.2) is 47.6 Å². The molecule has 2 atom stereocenters. The van der Waals surface area contributed by atoms with Crippen LogP contribution in [0.4, 0.5) is 5.69 Å². The molecule has 1 aliphatic heterocycles. The van der Waals surface area contributed by atoms with Crippen LogP contribution < -0.4 is 68.3 Å². The number of rotatable bonds is 12. The van der Waals surface area contributed by atoms with Gasteiger partial charge in [0, 0.05) is 0 Å². The van der Waals surface area contributed by atoms with Crippen molar-refractivity contribution < 1.29 is 86.5 Å². The summed E-state index contributed by atoms with van der Waals surface area (Å²) in [4.78, 5) is 52.0. The van der Waals surface area contributed by atoms with Crippen LogP contribution in [0.15, 0.2) is 54.6 Å². The predicted octanol–water partition coefficient (Wildman–Crippen LogP) is -0.321. The number of benzene rings is 3. The minimum Gasteiger partial charge on any atom is -0.746 e. The number of phosphoric ester groups is 1. The molecule has 0 fully saturated rings. The Balaban J connectivity index is 0.00000506. The number of hydrogen-bond donors (Lipinski definition) is 5. The van der Waals surface area contributed by atoms with Gasteiger partial charge in [-0.2, -0.15) is 0 Å². The van der Waals surface area contributed by atoms with Crippen molar-refractivity contribution in [3.8, 4) is 28.7 Å². The summed E-state index contributed by atoms with van der Waals surface area (Å²) in [5.74, 6) is 0.909. The summed E-state index contributed by atoms with van der Waals surface area (Å²) in [5.41, 5.74) is 2.07. The Morgan fingerprint density at radius 2 is 1.65 bits per heavy atom. The van der Waals surface area contributed by atoms with E-state index in [1.807, 2.05) is 5.09 Å². The number of phosphoric acid groups is 1. The van der Waals surface area contributed by atoms with Gasteiger partial charge in [0.15, 0.2) is 11.5 Å². The van der Waals surface area contributed by atoms with Crippen LogP contribution in [0.1, 0.15) is 16.7 Å². The minimum atomic E-state index is -5.02. The zero-order chi connectivity index (χ0) is 30.5. The number of methoxy groups -OCH3 is 2. The second kappa shape index (κ2) is 14.7. The number of hydrogen-bond acceptors (Lipinski definition) is 9. The van der Waals surface area contributed by atoms with E-state index in [-0.39, 0.29) is 54.2 Å². The van der Waals surface area contributed by atoms with Gasteiger partial charge in [0.05, 0.1) is 19.9 Å². The molecule has 1 aliphatic rings. The topological polar surface area (TPSA) is 205 Å². The molecule has 3 aromatic rings. The fourth-order valence-electron chi connectivity index (χ4n) is 4.04. The van der Waals surface area contributed by atoms with E-state index >= 15 is 0 Å². The number of amides is 1. The minimum absolute atomic E-state index is 0. The Bertz CT molecular complexity index is 1570. The van der Waals surface area contributed by atoms with Crippen molar-refractivity contribution >= 4 is 39.3 Å². The first-order valence-corrected chi connectivity index (χ1v) is 15.2. The number of ether oxygens (including phenoxy) is 4. The summed E-state index contributed by atoms with van der Waals surface area (Å²) in [6, 6.07) is 12.3. The number of anilines is 1. The van der Waals surface area contributed by atoms with Crippen molar-refractivity contribution in [2.75, 3.05) is 26.3 Å². The fraction of sp³-hybridized carbons (Fsp3) is 0.192. The van der Waals surface area contributed by atoms with Crippen LogP contribution in [0, 0.1) is 0 Å². The molecule has 17 heteroatoms. The maximum atomic E-state index is 13.2. The summed E-state index contributed by atoms with van der Waals surface area (Å²) >= 11 is 0. The van der Waals surface area contributed by atoms with Crippen LogP contribution in [0.3, 0.4) is 0 Å². The Labute approximate surface area is 268 Å². The standard InChI is InChI=1S/C26H28N2O12P2.Na/c1-36-22-10-7-16(3-4-18-13-23(37-2)25-24(14-18)38-15-39-25)11-20(22)27-26(29)21(28-41(30,31)32)12-17-5-8-19(9-6-17)40-42(33,34)35;/h3-11,13-14,21H,12,15H2,1-2H3,(H,27,29)(H2,33,34,35)(H3,28,30,31,32);/q;+1/p-1/b4-3-;/t21-;/m0./s1. The third-order valence-electron chi connectivity index (χ3n) is 5.85. The van der Waals surface area contributed by atoms with Gasteiger partial charge in [0.25, 0.3) is 0 Å². The molecule has 3 aromatic carbocycles. The van der Waals surface area contributed by atoms with E-state index in [1.54, 1.807) is 42.5 Å². The molecule has 1 amide bonds. The first-order valence-electron chi connectivity index (χ1n) is 12.1. The molecule has 1 unspecified atom stereocenters. The van der Waals surface area contributed by atoms with E-state index in [4.69, 9.17) is 23.8 Å². The summed E-state index contributed by atoms with van der Waals surface area (Å²) < 4.78 is 48.6. The largest absolute Gasteiger partial charge is 1.00 e. The number of nitrogens with one attached hydrogen (secondary N) is 2. The third-order valence-corrected chi connectivity index (χ3v) is 6.94. The van der Waals surface area contributed by atoms with Gasteiger partial charge in [-0.05, 0) is 59.5 Å². The molecule has 1 heterocycles. The fourth-order valence-corrected chi connectivity index (χ4v) is 5.04. The van der Waals surface area contributed by atoms with Gasteiger partial charge in [-0.1, -0.05) is 30.4 Å². The summed E-state index contributed by atoms with van der Waals surface area (Å²) in [6.45, 7) is 0.0896. The van der Waals surface area contributed by atoms with Gasteiger partial charge < -0.3 is 48.4 Å². The maximum Gasteiger partial charge on any atom is 1.00 e. The van der Waals surface area contributed by atoms with Crippen LogP contribution in [0.2, 0.25) is 0 Å². The van der Waals surface area contributed by atoms with Crippen molar-refractivity contribution in [2.45, 2.75) is 12.5 Å². The quantitative estimate of drug-likeness (QED) is 0.0976. The second-order valence-corrected chi connectivity index (χ2v) is 11.3. The zero-order valence-corrected chi connectivity index (χ0v) is 27.0. The van der Waals surface area contributed by atoms with Crippen molar-refractivity contribution in [3.05, 3.63) is 71.3 Å². The molecule has 224 valence electrons. The molecular weight excluding hydrogens is 617 g/mol. The van der Waals surface area contributed by atoms with Crippen LogP contribution in [0.25, 0.3) is 12.2 Å². The zero-order valence-electron chi connectivity index (χ0n) is 23.3. The molecule has 0 radical (unpaired) electrons. The van der Waals surface area contributed by atoms with Gasteiger partial charge in [-0.15, -0.1) is 0 Å². The Morgan fingerprint density at radius 3 is 2.28 bits per heavy atom. The van der Waals surface area contributed by atoms with Gasteiger partial charge in [0.2, 0.25) is 18.4 Å². The number of carbonyl (C=O) groups excluding carboxylic acids is 1. The average molecular weight is 644 g/mol. The summed E-state index contributed by atoms with van der Waals surface area (Å²) in [6.07, 6.45) is 3.37. The molecule has 5 N–H and O–H groups in total. The van der Waals surface area contributed by atoms with Gasteiger partial charge in [0.1, 0.15) is 17.5 Å². The van der Waals surface area contributed by atoms with Crippen LogP contribution >= 0.6 is 15.6 Å². The summed E-state index contributed by atoms with van der Waals surface area (Å²) in [5, 5.41) is 4.65. The van der Waals surface area contributed by atoms with E-state index < -0.39 is 27.5 Å². The van der Waals surface area contributed by atoms with E-state index in [2.05, 4.69) is 9.84 Å². The number of carbonyl (C=O) groups is 1.